The van der Waals surface area contributed by atoms with Gasteiger partial charge in [-0.1, -0.05) is 17.7 Å². The second kappa shape index (κ2) is 16.3. The summed E-state index contributed by atoms with van der Waals surface area (Å²) in [4.78, 5) is 88.4. The third-order valence-electron chi connectivity index (χ3n) is 13.8. The molecule has 3 aromatic rings. The number of piperazine rings is 1. The Bertz CT molecular complexity index is 2320. The van der Waals surface area contributed by atoms with Crippen LogP contribution < -0.4 is 20.0 Å². The standard InChI is InChI=1S/C44H48ClFN10O5/c1-27-22-44(26-55(27)29-3-4-34(47-2)32(45)19-29)9-13-53(14-10-44)38-24-48-35(23-49-38)43(61)54-17-15-51(16-18-54)25-28-7-11-52(12-8-28)37-21-31-30(20-33(37)46)41(59)56(42(31)60)36-5-6-39(57)50-40(36)58/h3-4,19-21,23-24,27-28,36H,5-18,22,25-26H2,1H3,(H,50,57,58)/t27-,36?/m0/s1. The largest absolute Gasteiger partial charge is 0.369 e. The Hall–Kier alpha value is -5.66. The third kappa shape index (κ3) is 7.78. The van der Waals surface area contributed by atoms with Crippen molar-refractivity contribution in [1.82, 2.24) is 30.0 Å². The van der Waals surface area contributed by atoms with Crippen molar-refractivity contribution in [1.29, 1.82) is 0 Å². The van der Waals surface area contributed by atoms with E-state index in [0.29, 0.717) is 54.5 Å². The van der Waals surface area contributed by atoms with Crippen LogP contribution in [0.25, 0.3) is 4.85 Å². The maximum Gasteiger partial charge on any atom is 0.274 e. The highest BCUT2D eigenvalue weighted by molar-refractivity contribution is 6.33. The average Bonchev–Trinajstić information content (AvgIpc) is 3.71. The van der Waals surface area contributed by atoms with E-state index in [0.717, 1.165) is 93.8 Å². The Morgan fingerprint density at radius 1 is 0.918 bits per heavy atom. The van der Waals surface area contributed by atoms with Gasteiger partial charge < -0.3 is 19.6 Å². The van der Waals surface area contributed by atoms with Gasteiger partial charge in [0, 0.05) is 88.6 Å². The predicted octanol–water partition coefficient (Wildman–Crippen LogP) is 4.78. The number of halogens is 2. The molecule has 0 aliphatic carbocycles. The number of rotatable bonds is 7. The van der Waals surface area contributed by atoms with E-state index in [1.807, 2.05) is 21.9 Å². The highest BCUT2D eigenvalue weighted by Gasteiger charge is 2.46. The number of aromatic nitrogens is 2. The van der Waals surface area contributed by atoms with Crippen LogP contribution in [0.2, 0.25) is 5.02 Å². The molecule has 9 rings (SSSR count). The van der Waals surface area contributed by atoms with Crippen LogP contribution in [0.1, 0.15) is 83.1 Å². The van der Waals surface area contributed by atoms with Crippen LogP contribution in [0.4, 0.5) is 27.3 Å². The van der Waals surface area contributed by atoms with Crippen molar-refractivity contribution in [2.24, 2.45) is 11.3 Å². The second-order valence-corrected chi connectivity index (χ2v) is 17.9. The van der Waals surface area contributed by atoms with E-state index in [1.54, 1.807) is 18.5 Å². The molecule has 2 aromatic carbocycles. The number of hydrogen-bond donors (Lipinski definition) is 1. The lowest BCUT2D eigenvalue weighted by atomic mass is 9.77. The number of piperidine rings is 3. The zero-order chi connectivity index (χ0) is 42.6. The van der Waals surface area contributed by atoms with E-state index in [4.69, 9.17) is 18.2 Å². The molecule has 0 radical (unpaired) electrons. The first kappa shape index (κ1) is 40.7. The summed E-state index contributed by atoms with van der Waals surface area (Å²) in [5, 5.41) is 2.67. The van der Waals surface area contributed by atoms with Crippen molar-refractivity contribution in [3.05, 3.63) is 81.8 Å². The highest BCUT2D eigenvalue weighted by Crippen LogP contribution is 2.46. The molecule has 0 bridgehead atoms. The number of hydrogen-bond acceptors (Lipinski definition) is 11. The van der Waals surface area contributed by atoms with Crippen molar-refractivity contribution in [2.45, 2.75) is 64.0 Å². The maximum absolute atomic E-state index is 15.5. The zero-order valence-corrected chi connectivity index (χ0v) is 34.9. The molecular formula is C44H48ClFN10O5. The van der Waals surface area contributed by atoms with Crippen molar-refractivity contribution < 1.29 is 28.4 Å². The van der Waals surface area contributed by atoms with E-state index >= 15 is 4.39 Å². The first-order valence-electron chi connectivity index (χ1n) is 21.2. The van der Waals surface area contributed by atoms with Crippen LogP contribution in [-0.2, 0) is 9.59 Å². The van der Waals surface area contributed by atoms with Gasteiger partial charge in [0.05, 0.1) is 35.8 Å². The van der Waals surface area contributed by atoms with E-state index in [-0.39, 0.29) is 41.0 Å². The molecule has 5 amide bonds. The van der Waals surface area contributed by atoms with Crippen LogP contribution in [-0.4, -0.2) is 132 Å². The number of carbonyl (C=O) groups excluding carboxylic acids is 5. The van der Waals surface area contributed by atoms with Gasteiger partial charge in [0.15, 0.2) is 0 Å². The Labute approximate surface area is 358 Å². The zero-order valence-electron chi connectivity index (χ0n) is 34.1. The van der Waals surface area contributed by atoms with Crippen LogP contribution in [0.3, 0.4) is 0 Å². The monoisotopic (exact) mass is 850 g/mol. The normalized spacial score (nSPS) is 23.5. The number of imide groups is 2. The minimum Gasteiger partial charge on any atom is -0.369 e. The minimum absolute atomic E-state index is 0.0128. The lowest BCUT2D eigenvalue weighted by Gasteiger charge is -2.40. The lowest BCUT2D eigenvalue weighted by Crippen LogP contribution is -2.54. The summed E-state index contributed by atoms with van der Waals surface area (Å²) < 4.78 is 15.5. The number of anilines is 3. The molecular weight excluding hydrogens is 803 g/mol. The summed E-state index contributed by atoms with van der Waals surface area (Å²) in [5.74, 6) is -2.09. The first-order valence-corrected chi connectivity index (χ1v) is 21.6. The molecule has 1 spiro atoms. The van der Waals surface area contributed by atoms with Crippen molar-refractivity contribution in [3.63, 3.8) is 0 Å². The Morgan fingerprint density at radius 2 is 1.64 bits per heavy atom. The van der Waals surface area contributed by atoms with Gasteiger partial charge in [-0.3, -0.25) is 39.1 Å². The molecule has 6 aliphatic heterocycles. The fourth-order valence-electron chi connectivity index (χ4n) is 10.3. The van der Waals surface area contributed by atoms with Crippen molar-refractivity contribution >= 4 is 64.0 Å². The summed E-state index contributed by atoms with van der Waals surface area (Å²) in [5.41, 5.74) is 2.33. The van der Waals surface area contributed by atoms with E-state index < -0.39 is 35.5 Å². The molecule has 5 fully saturated rings. The number of carbonyl (C=O) groups is 5. The van der Waals surface area contributed by atoms with Crippen molar-refractivity contribution in [3.8, 4) is 0 Å². The molecule has 1 N–H and O–H groups in total. The highest BCUT2D eigenvalue weighted by atomic mass is 35.5. The van der Waals surface area contributed by atoms with Gasteiger partial charge in [0.1, 0.15) is 23.4 Å². The molecule has 2 atom stereocenters. The van der Waals surface area contributed by atoms with E-state index in [1.165, 1.54) is 6.07 Å². The Kier molecular flexibility index (Phi) is 10.9. The van der Waals surface area contributed by atoms with Gasteiger partial charge in [-0.05, 0) is 81.0 Å². The van der Waals surface area contributed by atoms with E-state index in [9.17, 15) is 24.0 Å². The summed E-state index contributed by atoms with van der Waals surface area (Å²) in [6, 6.07) is 7.50. The third-order valence-corrected chi connectivity index (χ3v) is 14.1. The van der Waals surface area contributed by atoms with Crippen LogP contribution in [0.5, 0.6) is 0 Å². The first-order chi connectivity index (χ1) is 29.4. The Morgan fingerprint density at radius 3 is 2.30 bits per heavy atom. The maximum atomic E-state index is 15.5. The van der Waals surface area contributed by atoms with Gasteiger partial charge in [-0.15, -0.1) is 0 Å². The molecule has 318 valence electrons. The summed E-state index contributed by atoms with van der Waals surface area (Å²) in [6.45, 7) is 16.9. The molecule has 1 aromatic heterocycles. The van der Waals surface area contributed by atoms with Gasteiger partial charge in [0.2, 0.25) is 17.5 Å². The predicted molar refractivity (Wildman–Crippen MR) is 225 cm³/mol. The van der Waals surface area contributed by atoms with Crippen LogP contribution >= 0.6 is 11.6 Å². The fourth-order valence-corrected chi connectivity index (χ4v) is 10.6. The summed E-state index contributed by atoms with van der Waals surface area (Å²) in [7, 11) is 0. The Balaban J connectivity index is 0.725. The molecule has 1 unspecified atom stereocenters. The average molecular weight is 851 g/mol. The molecule has 15 nitrogen and oxygen atoms in total. The van der Waals surface area contributed by atoms with Gasteiger partial charge >= 0.3 is 0 Å². The van der Waals surface area contributed by atoms with Crippen LogP contribution in [0, 0.1) is 23.7 Å². The molecule has 17 heteroatoms. The number of benzene rings is 2. The molecule has 6 aliphatic rings. The van der Waals surface area contributed by atoms with Crippen molar-refractivity contribution in [2.75, 3.05) is 80.1 Å². The number of nitrogens with one attached hydrogen (secondary N) is 1. The van der Waals surface area contributed by atoms with Gasteiger partial charge in [-0.2, -0.15) is 0 Å². The summed E-state index contributed by atoms with van der Waals surface area (Å²) >= 11 is 6.37. The van der Waals surface area contributed by atoms with Gasteiger partial charge in [0.25, 0.3) is 17.7 Å². The number of amides is 5. The van der Waals surface area contributed by atoms with Crippen LogP contribution in [0.15, 0.2) is 42.7 Å². The number of nitrogens with zero attached hydrogens (tertiary/aromatic N) is 9. The summed E-state index contributed by atoms with van der Waals surface area (Å²) in [6.07, 6.45) is 8.16. The number of fused-ring (bicyclic) bond motifs is 1. The molecule has 5 saturated heterocycles. The minimum atomic E-state index is -1.10. The fraction of sp³-hybridized carbons (Fsp3) is 0.500. The van der Waals surface area contributed by atoms with E-state index in [2.05, 4.69) is 41.8 Å². The molecule has 61 heavy (non-hydrogen) atoms. The second-order valence-electron chi connectivity index (χ2n) is 17.5. The quantitative estimate of drug-likeness (QED) is 0.259. The molecule has 7 heterocycles. The topological polar surface area (TPSA) is 147 Å². The molecule has 0 saturated carbocycles. The van der Waals surface area contributed by atoms with Gasteiger partial charge in [-0.25, -0.2) is 19.2 Å². The smallest absolute Gasteiger partial charge is 0.274 e. The lowest BCUT2D eigenvalue weighted by molar-refractivity contribution is -0.136. The SMILES string of the molecule is [C-]#[N+]c1ccc(N2CC3(CCN(c4cnc(C(=O)N5CCN(CC6CCN(c7cc8c(cc7F)C(=O)N(C7CCC(=O)NC7=O)C8=O)CC6)CC5)cn4)CC3)C[C@@H]2C)cc1Cl.